The van der Waals surface area contributed by atoms with Crippen LogP contribution in [0.25, 0.3) is 0 Å². The molecule has 5 heteroatoms. The number of hydrogen-bond donors (Lipinski definition) is 1. The molecular formula is C13H21N5. The second-order valence-corrected chi connectivity index (χ2v) is 4.81. The molecule has 0 spiro atoms. The van der Waals surface area contributed by atoms with E-state index in [9.17, 15) is 5.26 Å². The summed E-state index contributed by atoms with van der Waals surface area (Å²) in [6.07, 6.45) is 2.37. The minimum absolute atomic E-state index is 0.464. The topological polar surface area (TPSA) is 56.9 Å². The number of aryl methyl sites for hydroxylation is 2. The molecule has 1 aliphatic rings. The molecule has 1 saturated heterocycles. The van der Waals surface area contributed by atoms with E-state index in [1.807, 2.05) is 18.7 Å². The third-order valence-corrected chi connectivity index (χ3v) is 3.63. The van der Waals surface area contributed by atoms with Gasteiger partial charge in [-0.25, -0.2) is 0 Å². The van der Waals surface area contributed by atoms with E-state index in [1.165, 1.54) is 12.8 Å². The molecule has 0 aliphatic carbocycles. The molecule has 0 saturated carbocycles. The van der Waals surface area contributed by atoms with Crippen molar-refractivity contribution in [3.63, 3.8) is 0 Å². The Balaban J connectivity index is 2.35. The number of nitrogens with one attached hydrogen (secondary N) is 1. The van der Waals surface area contributed by atoms with Crippen LogP contribution in [0.1, 0.15) is 31.0 Å². The van der Waals surface area contributed by atoms with Crippen LogP contribution in [0.5, 0.6) is 0 Å². The largest absolute Gasteiger partial charge is 0.352 e. The second-order valence-electron chi connectivity index (χ2n) is 4.81. The van der Waals surface area contributed by atoms with Crippen molar-refractivity contribution in [3.05, 3.63) is 11.3 Å². The molecule has 1 aromatic rings. The van der Waals surface area contributed by atoms with Gasteiger partial charge in [0.05, 0.1) is 5.69 Å². The molecular weight excluding hydrogens is 226 g/mol. The Morgan fingerprint density at radius 1 is 1.61 bits per heavy atom. The minimum Gasteiger partial charge on any atom is -0.352 e. The monoisotopic (exact) mass is 247 g/mol. The van der Waals surface area contributed by atoms with Gasteiger partial charge < -0.3 is 10.2 Å². The summed E-state index contributed by atoms with van der Waals surface area (Å²) in [5.74, 6) is 0.964. The van der Waals surface area contributed by atoms with Gasteiger partial charge in [0.2, 0.25) is 0 Å². The van der Waals surface area contributed by atoms with E-state index < -0.39 is 0 Å². The van der Waals surface area contributed by atoms with E-state index in [0.29, 0.717) is 11.6 Å². The Labute approximate surface area is 108 Å². The van der Waals surface area contributed by atoms with Crippen molar-refractivity contribution in [2.24, 2.45) is 7.05 Å². The molecule has 2 rings (SSSR count). The van der Waals surface area contributed by atoms with Gasteiger partial charge in [-0.2, -0.15) is 10.4 Å². The fourth-order valence-corrected chi connectivity index (χ4v) is 2.79. The summed E-state index contributed by atoms with van der Waals surface area (Å²) < 4.78 is 1.84. The number of nitrogens with zero attached hydrogens (tertiary/aromatic N) is 4. The molecule has 1 N–H and O–H groups in total. The van der Waals surface area contributed by atoms with Gasteiger partial charge in [-0.15, -0.1) is 0 Å². The van der Waals surface area contributed by atoms with Gasteiger partial charge in [0.15, 0.2) is 0 Å². The average molecular weight is 247 g/mol. The van der Waals surface area contributed by atoms with E-state index in [2.05, 4.69) is 28.3 Å². The molecule has 0 bridgehead atoms. The van der Waals surface area contributed by atoms with Crippen molar-refractivity contribution in [2.75, 3.05) is 24.5 Å². The second kappa shape index (κ2) is 5.40. The first-order valence-corrected chi connectivity index (χ1v) is 6.60. The lowest BCUT2D eigenvalue weighted by atomic mass is 10.1. The quantitative estimate of drug-likeness (QED) is 0.871. The predicted molar refractivity (Wildman–Crippen MR) is 71.6 cm³/mol. The lowest BCUT2D eigenvalue weighted by molar-refractivity contribution is 0.429. The van der Waals surface area contributed by atoms with Crippen LogP contribution in [0.4, 0.5) is 5.82 Å². The number of anilines is 1. The first-order chi connectivity index (χ1) is 8.69. The fourth-order valence-electron chi connectivity index (χ4n) is 2.79. The normalized spacial score (nSPS) is 19.6. The zero-order valence-corrected chi connectivity index (χ0v) is 11.4. The number of nitriles is 1. The maximum absolute atomic E-state index is 9.31. The van der Waals surface area contributed by atoms with Gasteiger partial charge >= 0.3 is 0 Å². The van der Waals surface area contributed by atoms with Crippen LogP contribution in [-0.4, -0.2) is 35.5 Å². The molecule has 2 heterocycles. The summed E-state index contributed by atoms with van der Waals surface area (Å²) >= 11 is 0. The highest BCUT2D eigenvalue weighted by Crippen LogP contribution is 2.26. The molecule has 1 aromatic heterocycles. The van der Waals surface area contributed by atoms with Crippen LogP contribution in [0.3, 0.4) is 0 Å². The highest BCUT2D eigenvalue weighted by molar-refractivity contribution is 5.57. The van der Waals surface area contributed by atoms with Crippen molar-refractivity contribution in [3.8, 4) is 6.07 Å². The van der Waals surface area contributed by atoms with Crippen molar-refractivity contribution in [1.82, 2.24) is 15.1 Å². The molecule has 18 heavy (non-hydrogen) atoms. The van der Waals surface area contributed by atoms with Gasteiger partial charge in [-0.3, -0.25) is 4.68 Å². The Bertz CT molecular complexity index is 451. The minimum atomic E-state index is 0.464. The highest BCUT2D eigenvalue weighted by Gasteiger charge is 2.25. The molecule has 1 atom stereocenters. The molecule has 1 unspecified atom stereocenters. The lowest BCUT2D eigenvalue weighted by Gasteiger charge is -2.35. The number of likely N-dealkylation sites (N-methyl/N-ethyl adjacent to an activating group) is 1. The smallest absolute Gasteiger partial charge is 0.145 e. The van der Waals surface area contributed by atoms with Gasteiger partial charge in [0.25, 0.3) is 0 Å². The van der Waals surface area contributed by atoms with Crippen molar-refractivity contribution in [1.29, 1.82) is 5.26 Å². The van der Waals surface area contributed by atoms with E-state index in [-0.39, 0.29) is 0 Å². The van der Waals surface area contributed by atoms with E-state index in [4.69, 9.17) is 0 Å². The molecule has 98 valence electrons. The first kappa shape index (κ1) is 12.9. The van der Waals surface area contributed by atoms with E-state index in [1.54, 1.807) is 0 Å². The first-order valence-electron chi connectivity index (χ1n) is 6.60. The van der Waals surface area contributed by atoms with Gasteiger partial charge in [-0.1, -0.05) is 0 Å². The Hall–Kier alpha value is -1.54. The van der Waals surface area contributed by atoms with Crippen molar-refractivity contribution < 1.29 is 0 Å². The summed E-state index contributed by atoms with van der Waals surface area (Å²) in [4.78, 5) is 2.31. The van der Waals surface area contributed by atoms with E-state index >= 15 is 0 Å². The van der Waals surface area contributed by atoms with Crippen LogP contribution in [0, 0.1) is 18.3 Å². The molecule has 5 nitrogen and oxygen atoms in total. The van der Waals surface area contributed by atoms with E-state index in [0.717, 1.165) is 31.1 Å². The summed E-state index contributed by atoms with van der Waals surface area (Å²) in [5.41, 5.74) is 1.53. The maximum atomic E-state index is 9.31. The van der Waals surface area contributed by atoms with Gasteiger partial charge in [-0.05, 0) is 33.2 Å². The maximum Gasteiger partial charge on any atom is 0.145 e. The zero-order valence-electron chi connectivity index (χ0n) is 11.4. The molecule has 1 aliphatic heterocycles. The van der Waals surface area contributed by atoms with Crippen LogP contribution in [-0.2, 0) is 7.05 Å². The summed E-state index contributed by atoms with van der Waals surface area (Å²) in [5, 5.41) is 17.1. The highest BCUT2D eigenvalue weighted by atomic mass is 15.4. The average Bonchev–Trinajstić information content (AvgIpc) is 2.66. The molecule has 1 fully saturated rings. The fraction of sp³-hybridized carbons (Fsp3) is 0.692. The number of piperidine rings is 1. The lowest BCUT2D eigenvalue weighted by Crippen LogP contribution is -2.47. The number of aromatic nitrogens is 2. The number of rotatable bonds is 3. The standard InChI is InChI=1S/C13H21N5/c1-4-18(11-6-5-7-15-9-11)13-12(8-14)10(2)16-17(13)3/h11,15H,4-7,9H2,1-3H3. The number of hydrogen-bond acceptors (Lipinski definition) is 4. The summed E-state index contributed by atoms with van der Waals surface area (Å²) in [6, 6.07) is 2.76. The molecule has 0 radical (unpaired) electrons. The van der Waals surface area contributed by atoms with Crippen LogP contribution in [0.2, 0.25) is 0 Å². The van der Waals surface area contributed by atoms with Crippen LogP contribution >= 0.6 is 0 Å². The SMILES string of the molecule is CCN(c1c(C#N)c(C)nn1C)C1CCCNC1. The van der Waals surface area contributed by atoms with Crippen molar-refractivity contribution >= 4 is 5.82 Å². The summed E-state index contributed by atoms with van der Waals surface area (Å²) in [7, 11) is 1.92. The third-order valence-electron chi connectivity index (χ3n) is 3.63. The third kappa shape index (κ3) is 2.21. The summed E-state index contributed by atoms with van der Waals surface area (Å²) in [6.45, 7) is 7.03. The van der Waals surface area contributed by atoms with Gasteiger partial charge in [0.1, 0.15) is 17.5 Å². The Kier molecular flexibility index (Phi) is 3.87. The zero-order chi connectivity index (χ0) is 13.1. The molecule has 0 amide bonds. The Morgan fingerprint density at radius 3 is 2.94 bits per heavy atom. The predicted octanol–water partition coefficient (Wildman–Crippen LogP) is 1.18. The Morgan fingerprint density at radius 2 is 2.39 bits per heavy atom. The molecule has 0 aromatic carbocycles. The van der Waals surface area contributed by atoms with Crippen LogP contribution < -0.4 is 10.2 Å². The van der Waals surface area contributed by atoms with Crippen LogP contribution in [0.15, 0.2) is 0 Å². The van der Waals surface area contributed by atoms with Crippen molar-refractivity contribution in [2.45, 2.75) is 32.7 Å². The van der Waals surface area contributed by atoms with Gasteiger partial charge in [0, 0.05) is 26.2 Å².